The number of aryl methyl sites for hydroxylation is 1. The van der Waals surface area contributed by atoms with Crippen LogP contribution in [0.2, 0.25) is 0 Å². The van der Waals surface area contributed by atoms with Crippen molar-refractivity contribution in [3.63, 3.8) is 0 Å². The maximum absolute atomic E-state index is 12.9. The highest BCUT2D eigenvalue weighted by atomic mass is 79.9. The van der Waals surface area contributed by atoms with Gasteiger partial charge in [0.05, 0.1) is 10.2 Å². The normalized spacial score (nSPS) is 10.2. The number of amides is 1. The van der Waals surface area contributed by atoms with Gasteiger partial charge >= 0.3 is 0 Å². The number of aromatic hydroxyl groups is 1. The average molecular weight is 354 g/mol. The van der Waals surface area contributed by atoms with Gasteiger partial charge in [-0.15, -0.1) is 0 Å². The molecule has 0 unspecified atom stereocenters. The van der Waals surface area contributed by atoms with E-state index in [4.69, 9.17) is 4.74 Å². The van der Waals surface area contributed by atoms with E-state index in [9.17, 15) is 14.3 Å². The molecule has 2 aromatic rings. The molecule has 4 nitrogen and oxygen atoms in total. The molecule has 0 atom stereocenters. The SMILES string of the molecule is Cc1ccc(NC(=O)COc2ccc(F)cc2Br)c(O)c1. The highest BCUT2D eigenvalue weighted by molar-refractivity contribution is 9.10. The predicted molar refractivity (Wildman–Crippen MR) is 81.1 cm³/mol. The van der Waals surface area contributed by atoms with Crippen molar-refractivity contribution in [2.75, 3.05) is 11.9 Å². The summed E-state index contributed by atoms with van der Waals surface area (Å²) in [6.07, 6.45) is 0. The molecular formula is C15H13BrFNO3. The Kier molecular flexibility index (Phi) is 4.80. The zero-order valence-electron chi connectivity index (χ0n) is 11.2. The number of hydrogen-bond donors (Lipinski definition) is 2. The van der Waals surface area contributed by atoms with Gasteiger partial charge in [-0.1, -0.05) is 6.07 Å². The number of phenolic OH excluding ortho intramolecular Hbond substituents is 1. The summed E-state index contributed by atoms with van der Waals surface area (Å²) in [7, 11) is 0. The number of rotatable bonds is 4. The van der Waals surface area contributed by atoms with E-state index in [0.717, 1.165) is 5.56 Å². The summed E-state index contributed by atoms with van der Waals surface area (Å²) in [5.41, 5.74) is 1.20. The number of anilines is 1. The highest BCUT2D eigenvalue weighted by Crippen LogP contribution is 2.26. The number of carbonyl (C=O) groups is 1. The fraction of sp³-hybridized carbons (Fsp3) is 0.133. The molecule has 0 fully saturated rings. The molecule has 0 heterocycles. The Morgan fingerprint density at radius 3 is 2.76 bits per heavy atom. The topological polar surface area (TPSA) is 58.6 Å². The van der Waals surface area contributed by atoms with E-state index in [-0.39, 0.29) is 12.4 Å². The molecule has 0 aliphatic carbocycles. The van der Waals surface area contributed by atoms with E-state index < -0.39 is 11.7 Å². The van der Waals surface area contributed by atoms with E-state index >= 15 is 0 Å². The van der Waals surface area contributed by atoms with Crippen molar-refractivity contribution in [3.05, 3.63) is 52.3 Å². The quantitative estimate of drug-likeness (QED) is 0.825. The van der Waals surface area contributed by atoms with Gasteiger partial charge in [-0.25, -0.2) is 4.39 Å². The van der Waals surface area contributed by atoms with E-state index in [0.29, 0.717) is 15.9 Å². The number of benzene rings is 2. The van der Waals surface area contributed by atoms with Crippen molar-refractivity contribution >= 4 is 27.5 Å². The minimum atomic E-state index is -0.426. The van der Waals surface area contributed by atoms with Crippen LogP contribution in [0.3, 0.4) is 0 Å². The van der Waals surface area contributed by atoms with Crippen LogP contribution in [0.15, 0.2) is 40.9 Å². The maximum atomic E-state index is 12.9. The molecule has 1 amide bonds. The van der Waals surface area contributed by atoms with Gasteiger partial charge < -0.3 is 15.2 Å². The third-order valence-electron chi connectivity index (χ3n) is 2.68. The lowest BCUT2D eigenvalue weighted by molar-refractivity contribution is -0.118. The molecule has 21 heavy (non-hydrogen) atoms. The zero-order chi connectivity index (χ0) is 15.4. The fourth-order valence-electron chi connectivity index (χ4n) is 1.67. The van der Waals surface area contributed by atoms with Crippen LogP contribution in [0.5, 0.6) is 11.5 Å². The van der Waals surface area contributed by atoms with Crippen LogP contribution >= 0.6 is 15.9 Å². The fourth-order valence-corrected chi connectivity index (χ4v) is 2.13. The van der Waals surface area contributed by atoms with Gasteiger partial charge in [0.25, 0.3) is 5.91 Å². The Morgan fingerprint density at radius 2 is 2.10 bits per heavy atom. The van der Waals surface area contributed by atoms with Crippen LogP contribution < -0.4 is 10.1 Å². The zero-order valence-corrected chi connectivity index (χ0v) is 12.8. The lowest BCUT2D eigenvalue weighted by atomic mass is 10.2. The molecule has 2 N–H and O–H groups in total. The minimum Gasteiger partial charge on any atom is -0.506 e. The Labute approximate surface area is 129 Å². The molecule has 0 aliphatic rings. The summed E-state index contributed by atoms with van der Waals surface area (Å²) in [6.45, 7) is 1.58. The third kappa shape index (κ3) is 4.19. The monoisotopic (exact) mass is 353 g/mol. The Balaban J connectivity index is 1.96. The van der Waals surface area contributed by atoms with Crippen LogP contribution in [0.25, 0.3) is 0 Å². The van der Waals surface area contributed by atoms with Crippen LogP contribution in [0.4, 0.5) is 10.1 Å². The molecule has 0 spiro atoms. The van der Waals surface area contributed by atoms with E-state index in [1.54, 1.807) is 18.2 Å². The standard InChI is InChI=1S/C15H13BrFNO3/c1-9-2-4-12(13(19)6-9)18-15(20)8-21-14-5-3-10(17)7-11(14)16/h2-7,19H,8H2,1H3,(H,18,20). The maximum Gasteiger partial charge on any atom is 0.262 e. The van der Waals surface area contributed by atoms with Crippen LogP contribution in [0.1, 0.15) is 5.56 Å². The molecule has 2 rings (SSSR count). The lowest BCUT2D eigenvalue weighted by Gasteiger charge is -2.10. The van der Waals surface area contributed by atoms with Crippen LogP contribution in [-0.4, -0.2) is 17.6 Å². The lowest BCUT2D eigenvalue weighted by Crippen LogP contribution is -2.20. The highest BCUT2D eigenvalue weighted by Gasteiger charge is 2.09. The third-order valence-corrected chi connectivity index (χ3v) is 3.30. The second kappa shape index (κ2) is 6.58. The predicted octanol–water partition coefficient (Wildman–Crippen LogP) is 3.62. The number of halogens is 2. The first-order valence-corrected chi connectivity index (χ1v) is 6.92. The first-order valence-electron chi connectivity index (χ1n) is 6.13. The summed E-state index contributed by atoms with van der Waals surface area (Å²) in [5, 5.41) is 12.2. The number of ether oxygens (including phenoxy) is 1. The van der Waals surface area contributed by atoms with E-state index in [2.05, 4.69) is 21.2 Å². The summed E-state index contributed by atoms with van der Waals surface area (Å²) in [4.78, 5) is 11.8. The van der Waals surface area contributed by atoms with Gasteiger partial charge in [0, 0.05) is 0 Å². The Hall–Kier alpha value is -2.08. The van der Waals surface area contributed by atoms with Crippen LogP contribution in [-0.2, 0) is 4.79 Å². The van der Waals surface area contributed by atoms with Gasteiger partial charge in [0.2, 0.25) is 0 Å². The molecule has 0 bridgehead atoms. The Bertz CT molecular complexity index is 676. The molecule has 110 valence electrons. The van der Waals surface area contributed by atoms with E-state index in [1.807, 2.05) is 6.92 Å². The van der Waals surface area contributed by atoms with Gasteiger partial charge in [0.1, 0.15) is 17.3 Å². The first kappa shape index (κ1) is 15.3. The van der Waals surface area contributed by atoms with Crippen molar-refractivity contribution in [3.8, 4) is 11.5 Å². The van der Waals surface area contributed by atoms with Crippen molar-refractivity contribution < 1.29 is 19.0 Å². The number of nitrogens with one attached hydrogen (secondary N) is 1. The van der Waals surface area contributed by atoms with Crippen molar-refractivity contribution in [1.82, 2.24) is 0 Å². The molecule has 0 saturated heterocycles. The minimum absolute atomic E-state index is 0.00804. The van der Waals surface area contributed by atoms with Gasteiger partial charge in [0.15, 0.2) is 6.61 Å². The molecule has 6 heteroatoms. The van der Waals surface area contributed by atoms with E-state index in [1.165, 1.54) is 18.2 Å². The summed E-state index contributed by atoms with van der Waals surface area (Å²) >= 11 is 3.15. The molecular weight excluding hydrogens is 341 g/mol. The Morgan fingerprint density at radius 1 is 1.33 bits per heavy atom. The summed E-state index contributed by atoms with van der Waals surface area (Å²) < 4.78 is 18.6. The van der Waals surface area contributed by atoms with Crippen molar-refractivity contribution in [1.29, 1.82) is 0 Å². The molecule has 2 aromatic carbocycles. The second-order valence-corrected chi connectivity index (χ2v) is 5.29. The number of carbonyl (C=O) groups excluding carboxylic acids is 1. The number of hydrogen-bond acceptors (Lipinski definition) is 3. The molecule has 0 aromatic heterocycles. The second-order valence-electron chi connectivity index (χ2n) is 4.43. The average Bonchev–Trinajstić information content (AvgIpc) is 2.41. The molecule has 0 saturated carbocycles. The van der Waals surface area contributed by atoms with Gasteiger partial charge in [-0.05, 0) is 58.7 Å². The summed E-state index contributed by atoms with van der Waals surface area (Å²) in [5.74, 6) is -0.473. The van der Waals surface area contributed by atoms with Crippen molar-refractivity contribution in [2.45, 2.75) is 6.92 Å². The van der Waals surface area contributed by atoms with Crippen LogP contribution in [0, 0.1) is 12.7 Å². The number of phenols is 1. The van der Waals surface area contributed by atoms with Gasteiger partial charge in [-0.3, -0.25) is 4.79 Å². The molecule has 0 radical (unpaired) electrons. The largest absolute Gasteiger partial charge is 0.506 e. The van der Waals surface area contributed by atoms with Gasteiger partial charge in [-0.2, -0.15) is 0 Å². The summed E-state index contributed by atoms with van der Waals surface area (Å²) in [6, 6.07) is 8.84. The smallest absolute Gasteiger partial charge is 0.262 e. The molecule has 0 aliphatic heterocycles. The first-order chi connectivity index (χ1) is 9.95. The van der Waals surface area contributed by atoms with Crippen molar-refractivity contribution in [2.24, 2.45) is 0 Å².